The molecule has 1 aromatic carbocycles. The first-order valence-corrected chi connectivity index (χ1v) is 6.88. The number of nitrogens with two attached hydrogens (primary N) is 1. The van der Waals surface area contributed by atoms with Gasteiger partial charge in [0, 0.05) is 30.1 Å². The Hall–Kier alpha value is -1.78. The maximum atomic E-state index is 5.84. The van der Waals surface area contributed by atoms with Crippen LogP contribution in [-0.4, -0.2) is 16.6 Å². The third-order valence-corrected chi connectivity index (χ3v) is 3.31. The van der Waals surface area contributed by atoms with Crippen LogP contribution in [0.4, 0.5) is 0 Å². The predicted octanol–water partition coefficient (Wildman–Crippen LogP) is 2.68. The Bertz CT molecular complexity index is 546. The summed E-state index contributed by atoms with van der Waals surface area (Å²) in [5.74, 6) is 0.699. The zero-order valence-electron chi connectivity index (χ0n) is 12.3. The summed E-state index contributed by atoms with van der Waals surface area (Å²) in [6.07, 6.45) is -0.231. The number of hydrogen-bond donors (Lipinski definition) is 1. The molecule has 0 spiro atoms. The van der Waals surface area contributed by atoms with Gasteiger partial charge < -0.3 is 10.5 Å². The van der Waals surface area contributed by atoms with Crippen LogP contribution in [0.15, 0.2) is 30.3 Å². The van der Waals surface area contributed by atoms with Gasteiger partial charge in [-0.05, 0) is 26.3 Å². The standard InChI is InChI=1S/C16H21N3O/c1-4-20-15(13-8-6-5-7-9-13)16-18-11(2)14(10-17)12(3)19-16/h5-9,15H,4,10,17H2,1-3H3. The Morgan fingerprint density at radius 1 is 1.10 bits per heavy atom. The quantitative estimate of drug-likeness (QED) is 0.908. The minimum atomic E-state index is -0.231. The molecule has 0 bridgehead atoms. The maximum absolute atomic E-state index is 5.84. The minimum absolute atomic E-state index is 0.231. The summed E-state index contributed by atoms with van der Waals surface area (Å²) in [4.78, 5) is 9.17. The Morgan fingerprint density at radius 2 is 1.70 bits per heavy atom. The summed E-state index contributed by atoms with van der Waals surface area (Å²) in [5.41, 5.74) is 9.66. The van der Waals surface area contributed by atoms with Crippen LogP contribution < -0.4 is 5.73 Å². The van der Waals surface area contributed by atoms with Gasteiger partial charge in [-0.15, -0.1) is 0 Å². The lowest BCUT2D eigenvalue weighted by molar-refractivity contribution is 0.0848. The smallest absolute Gasteiger partial charge is 0.162 e. The number of aromatic nitrogens is 2. The van der Waals surface area contributed by atoms with Gasteiger partial charge in [0.05, 0.1) is 0 Å². The van der Waals surface area contributed by atoms with Gasteiger partial charge in [-0.25, -0.2) is 9.97 Å². The molecule has 2 rings (SSSR count). The molecule has 106 valence electrons. The summed E-state index contributed by atoms with van der Waals surface area (Å²) in [6.45, 7) is 6.98. The van der Waals surface area contributed by atoms with Crippen molar-refractivity contribution in [1.29, 1.82) is 0 Å². The molecule has 0 radical (unpaired) electrons. The molecule has 0 aliphatic rings. The molecule has 0 aliphatic heterocycles. The summed E-state index contributed by atoms with van der Waals surface area (Å²) in [7, 11) is 0. The van der Waals surface area contributed by atoms with E-state index in [1.165, 1.54) is 0 Å². The molecule has 1 unspecified atom stereocenters. The van der Waals surface area contributed by atoms with Crippen molar-refractivity contribution >= 4 is 0 Å². The first kappa shape index (κ1) is 14.6. The predicted molar refractivity (Wildman–Crippen MR) is 79.3 cm³/mol. The van der Waals surface area contributed by atoms with E-state index in [4.69, 9.17) is 10.5 Å². The van der Waals surface area contributed by atoms with Crippen molar-refractivity contribution < 1.29 is 4.74 Å². The highest BCUT2D eigenvalue weighted by atomic mass is 16.5. The van der Waals surface area contributed by atoms with Crippen LogP contribution >= 0.6 is 0 Å². The molecule has 20 heavy (non-hydrogen) atoms. The van der Waals surface area contributed by atoms with Gasteiger partial charge in [0.25, 0.3) is 0 Å². The fourth-order valence-corrected chi connectivity index (χ4v) is 2.29. The zero-order valence-corrected chi connectivity index (χ0v) is 12.3. The highest BCUT2D eigenvalue weighted by Gasteiger charge is 2.19. The normalized spacial score (nSPS) is 12.4. The van der Waals surface area contributed by atoms with E-state index < -0.39 is 0 Å². The van der Waals surface area contributed by atoms with Crippen molar-refractivity contribution in [1.82, 2.24) is 9.97 Å². The van der Waals surface area contributed by atoms with Crippen molar-refractivity contribution in [2.24, 2.45) is 5.73 Å². The molecule has 1 aromatic heterocycles. The molecule has 2 N–H and O–H groups in total. The number of benzene rings is 1. The molecular weight excluding hydrogens is 250 g/mol. The lowest BCUT2D eigenvalue weighted by Gasteiger charge is -2.18. The fourth-order valence-electron chi connectivity index (χ4n) is 2.29. The first-order chi connectivity index (χ1) is 9.67. The van der Waals surface area contributed by atoms with Crippen LogP contribution in [0.1, 0.15) is 41.4 Å². The van der Waals surface area contributed by atoms with E-state index in [0.29, 0.717) is 19.0 Å². The number of ether oxygens (including phenoxy) is 1. The van der Waals surface area contributed by atoms with Crippen molar-refractivity contribution in [3.05, 3.63) is 58.7 Å². The van der Waals surface area contributed by atoms with E-state index in [1.54, 1.807) is 0 Å². The molecule has 4 heteroatoms. The summed E-state index contributed by atoms with van der Waals surface area (Å²) in [5, 5.41) is 0. The molecule has 4 nitrogen and oxygen atoms in total. The number of nitrogens with zero attached hydrogens (tertiary/aromatic N) is 2. The van der Waals surface area contributed by atoms with Gasteiger partial charge >= 0.3 is 0 Å². The van der Waals surface area contributed by atoms with Crippen molar-refractivity contribution in [2.45, 2.75) is 33.4 Å². The Kier molecular flexibility index (Phi) is 4.82. The molecule has 0 saturated heterocycles. The van der Waals surface area contributed by atoms with Gasteiger partial charge in [-0.2, -0.15) is 0 Å². The average molecular weight is 271 g/mol. The number of aryl methyl sites for hydroxylation is 2. The third-order valence-electron chi connectivity index (χ3n) is 3.31. The molecule has 0 fully saturated rings. The van der Waals surface area contributed by atoms with Crippen molar-refractivity contribution in [3.63, 3.8) is 0 Å². The summed E-state index contributed by atoms with van der Waals surface area (Å²) >= 11 is 0. The summed E-state index contributed by atoms with van der Waals surface area (Å²) < 4.78 is 5.84. The topological polar surface area (TPSA) is 61.0 Å². The highest BCUT2D eigenvalue weighted by molar-refractivity contribution is 5.28. The summed E-state index contributed by atoms with van der Waals surface area (Å²) in [6, 6.07) is 10.0. The third kappa shape index (κ3) is 3.03. The fraction of sp³-hybridized carbons (Fsp3) is 0.375. The second kappa shape index (κ2) is 6.59. The maximum Gasteiger partial charge on any atom is 0.162 e. The van der Waals surface area contributed by atoms with Crippen LogP contribution in [0.2, 0.25) is 0 Å². The van der Waals surface area contributed by atoms with Gasteiger partial charge in [0.15, 0.2) is 5.82 Å². The van der Waals surface area contributed by atoms with Crippen LogP contribution in [0.3, 0.4) is 0 Å². The van der Waals surface area contributed by atoms with Gasteiger partial charge in [0.1, 0.15) is 6.10 Å². The molecule has 1 heterocycles. The molecule has 1 atom stereocenters. The van der Waals surface area contributed by atoms with Crippen LogP contribution in [0.5, 0.6) is 0 Å². The number of hydrogen-bond acceptors (Lipinski definition) is 4. The Balaban J connectivity index is 2.45. The average Bonchev–Trinajstić information content (AvgIpc) is 2.45. The molecule has 0 saturated carbocycles. The largest absolute Gasteiger partial charge is 0.366 e. The van der Waals surface area contributed by atoms with E-state index in [9.17, 15) is 0 Å². The molecule has 0 amide bonds. The van der Waals surface area contributed by atoms with E-state index >= 15 is 0 Å². The van der Waals surface area contributed by atoms with E-state index in [-0.39, 0.29) is 6.10 Å². The van der Waals surface area contributed by atoms with Crippen molar-refractivity contribution in [2.75, 3.05) is 6.61 Å². The van der Waals surface area contributed by atoms with Crippen LogP contribution in [-0.2, 0) is 11.3 Å². The molecular formula is C16H21N3O. The highest BCUT2D eigenvalue weighted by Crippen LogP contribution is 2.24. The number of rotatable bonds is 5. The Labute approximate surface area is 120 Å². The van der Waals surface area contributed by atoms with Gasteiger partial charge in [-0.3, -0.25) is 0 Å². The Morgan fingerprint density at radius 3 is 2.20 bits per heavy atom. The minimum Gasteiger partial charge on any atom is -0.366 e. The lowest BCUT2D eigenvalue weighted by Crippen LogP contribution is -2.15. The second-order valence-corrected chi connectivity index (χ2v) is 4.68. The first-order valence-electron chi connectivity index (χ1n) is 6.88. The second-order valence-electron chi connectivity index (χ2n) is 4.68. The van der Waals surface area contributed by atoms with E-state index in [2.05, 4.69) is 9.97 Å². The lowest BCUT2D eigenvalue weighted by atomic mass is 10.1. The zero-order chi connectivity index (χ0) is 14.5. The SMILES string of the molecule is CCOC(c1ccccc1)c1nc(C)c(CN)c(C)n1. The van der Waals surface area contributed by atoms with Crippen LogP contribution in [0, 0.1) is 13.8 Å². The molecule has 2 aromatic rings. The van der Waals surface area contributed by atoms with E-state index in [0.717, 1.165) is 22.5 Å². The van der Waals surface area contributed by atoms with Gasteiger partial charge in [0.2, 0.25) is 0 Å². The van der Waals surface area contributed by atoms with E-state index in [1.807, 2.05) is 51.1 Å². The monoisotopic (exact) mass is 271 g/mol. The van der Waals surface area contributed by atoms with Crippen molar-refractivity contribution in [3.8, 4) is 0 Å². The van der Waals surface area contributed by atoms with Crippen LogP contribution in [0.25, 0.3) is 0 Å². The van der Waals surface area contributed by atoms with Gasteiger partial charge in [-0.1, -0.05) is 30.3 Å². The molecule has 0 aliphatic carbocycles.